The van der Waals surface area contributed by atoms with Crippen molar-refractivity contribution in [2.45, 2.75) is 20.3 Å². The van der Waals surface area contributed by atoms with Crippen LogP contribution in [-0.4, -0.2) is 29.3 Å². The summed E-state index contributed by atoms with van der Waals surface area (Å²) in [6.07, 6.45) is 0.183. The van der Waals surface area contributed by atoms with E-state index in [0.717, 1.165) is 22.5 Å². The molecule has 1 aliphatic heterocycles. The summed E-state index contributed by atoms with van der Waals surface area (Å²) in [7, 11) is 0. The molecule has 158 valence electrons. The summed E-state index contributed by atoms with van der Waals surface area (Å²) >= 11 is 1.33. The first kappa shape index (κ1) is 20.7. The third kappa shape index (κ3) is 4.80. The average molecular weight is 435 g/mol. The van der Waals surface area contributed by atoms with Crippen molar-refractivity contribution in [1.82, 2.24) is 4.98 Å². The number of anilines is 3. The molecule has 1 aliphatic rings. The van der Waals surface area contributed by atoms with E-state index in [2.05, 4.69) is 15.6 Å². The zero-order valence-electron chi connectivity index (χ0n) is 17.2. The van der Waals surface area contributed by atoms with E-state index in [-0.39, 0.29) is 24.1 Å². The number of nitrogens with one attached hydrogen (secondary N) is 2. The summed E-state index contributed by atoms with van der Waals surface area (Å²) in [5.41, 5.74) is 4.26. The fourth-order valence-electron chi connectivity index (χ4n) is 3.46. The monoisotopic (exact) mass is 434 g/mol. The average Bonchev–Trinajstić information content (AvgIpc) is 3.36. The third-order valence-corrected chi connectivity index (χ3v) is 5.83. The Bertz CT molecular complexity index is 1120. The Balaban J connectivity index is 1.39. The molecule has 7 nitrogen and oxygen atoms in total. The summed E-state index contributed by atoms with van der Waals surface area (Å²) in [5, 5.41) is 7.92. The van der Waals surface area contributed by atoms with Crippen LogP contribution < -0.4 is 15.5 Å². The summed E-state index contributed by atoms with van der Waals surface area (Å²) in [5.74, 6) is -0.802. The van der Waals surface area contributed by atoms with E-state index in [1.54, 1.807) is 17.0 Å². The standard InChI is InChI=1S/C23H22N4O3S/c1-14-3-9-19(10-4-14)27-12-17(11-21(27)29)22(30)26-23-25-20(13-31-23)16-5-7-18(8-6-16)24-15(2)28/h3-10,13,17H,11-12H2,1-2H3,(H,24,28)(H,25,26,30). The van der Waals surface area contributed by atoms with Crippen molar-refractivity contribution in [3.05, 3.63) is 59.5 Å². The maximum absolute atomic E-state index is 12.7. The van der Waals surface area contributed by atoms with Crippen molar-refractivity contribution in [3.8, 4) is 11.3 Å². The van der Waals surface area contributed by atoms with Gasteiger partial charge in [0.25, 0.3) is 0 Å². The minimum absolute atomic E-state index is 0.0527. The maximum Gasteiger partial charge on any atom is 0.231 e. The first-order valence-electron chi connectivity index (χ1n) is 9.90. The maximum atomic E-state index is 12.7. The lowest BCUT2D eigenvalue weighted by molar-refractivity contribution is -0.122. The number of carbonyl (C=O) groups is 3. The Morgan fingerprint density at radius 2 is 1.77 bits per heavy atom. The van der Waals surface area contributed by atoms with E-state index < -0.39 is 5.92 Å². The van der Waals surface area contributed by atoms with Gasteiger partial charge in [-0.3, -0.25) is 14.4 Å². The Kier molecular flexibility index (Phi) is 5.81. The normalized spacial score (nSPS) is 15.7. The highest BCUT2D eigenvalue weighted by molar-refractivity contribution is 7.14. The van der Waals surface area contributed by atoms with Gasteiger partial charge >= 0.3 is 0 Å². The summed E-state index contributed by atoms with van der Waals surface area (Å²) in [6.45, 7) is 3.81. The number of aryl methyl sites for hydroxylation is 1. The van der Waals surface area contributed by atoms with Crippen LogP contribution in [0.2, 0.25) is 0 Å². The zero-order chi connectivity index (χ0) is 22.0. The first-order valence-corrected chi connectivity index (χ1v) is 10.8. The van der Waals surface area contributed by atoms with Gasteiger partial charge in [-0.05, 0) is 31.2 Å². The molecule has 0 aliphatic carbocycles. The number of amides is 3. The van der Waals surface area contributed by atoms with Gasteiger partial charge in [-0.15, -0.1) is 11.3 Å². The predicted octanol–water partition coefficient (Wildman–Crippen LogP) is 4.07. The van der Waals surface area contributed by atoms with Crippen LogP contribution in [0.15, 0.2) is 53.9 Å². The molecule has 3 aromatic rings. The van der Waals surface area contributed by atoms with Crippen molar-refractivity contribution >= 4 is 45.6 Å². The lowest BCUT2D eigenvalue weighted by Gasteiger charge is -2.16. The summed E-state index contributed by atoms with van der Waals surface area (Å²) < 4.78 is 0. The van der Waals surface area contributed by atoms with Crippen LogP contribution in [0.4, 0.5) is 16.5 Å². The molecule has 1 saturated heterocycles. The van der Waals surface area contributed by atoms with Gasteiger partial charge in [-0.2, -0.15) is 0 Å². The number of aromatic nitrogens is 1. The van der Waals surface area contributed by atoms with Gasteiger partial charge in [0.15, 0.2) is 5.13 Å². The number of hydrogen-bond acceptors (Lipinski definition) is 5. The van der Waals surface area contributed by atoms with E-state index in [0.29, 0.717) is 17.4 Å². The minimum Gasteiger partial charge on any atom is -0.326 e. The van der Waals surface area contributed by atoms with E-state index in [9.17, 15) is 14.4 Å². The lowest BCUT2D eigenvalue weighted by atomic mass is 10.1. The first-order chi connectivity index (χ1) is 14.9. The highest BCUT2D eigenvalue weighted by atomic mass is 32.1. The molecule has 1 unspecified atom stereocenters. The molecule has 8 heteroatoms. The van der Waals surface area contributed by atoms with Crippen molar-refractivity contribution < 1.29 is 14.4 Å². The van der Waals surface area contributed by atoms with Crippen molar-refractivity contribution in [1.29, 1.82) is 0 Å². The second-order valence-electron chi connectivity index (χ2n) is 7.53. The van der Waals surface area contributed by atoms with Crippen molar-refractivity contribution in [2.75, 3.05) is 22.1 Å². The molecule has 1 atom stereocenters. The number of benzene rings is 2. The van der Waals surface area contributed by atoms with E-state index in [4.69, 9.17) is 0 Å². The summed E-state index contributed by atoms with van der Waals surface area (Å²) in [4.78, 5) is 42.4. The molecule has 2 heterocycles. The van der Waals surface area contributed by atoms with Gasteiger partial charge in [0, 0.05) is 42.2 Å². The fraction of sp³-hybridized carbons (Fsp3) is 0.217. The molecular weight excluding hydrogens is 412 g/mol. The molecular formula is C23H22N4O3S. The molecule has 4 rings (SSSR count). The Morgan fingerprint density at radius 3 is 2.45 bits per heavy atom. The SMILES string of the molecule is CC(=O)Nc1ccc(-c2csc(NC(=O)C3CC(=O)N(c4ccc(C)cc4)C3)n2)cc1. The van der Waals surface area contributed by atoms with Crippen LogP contribution in [0.5, 0.6) is 0 Å². The van der Waals surface area contributed by atoms with Gasteiger partial charge in [-0.1, -0.05) is 29.8 Å². The van der Waals surface area contributed by atoms with Crippen molar-refractivity contribution in [3.63, 3.8) is 0 Å². The van der Waals surface area contributed by atoms with E-state index in [1.807, 2.05) is 48.7 Å². The van der Waals surface area contributed by atoms with Crippen LogP contribution in [0, 0.1) is 12.8 Å². The summed E-state index contributed by atoms with van der Waals surface area (Å²) in [6, 6.07) is 15.0. The molecule has 31 heavy (non-hydrogen) atoms. The smallest absolute Gasteiger partial charge is 0.231 e. The van der Waals surface area contributed by atoms with Crippen LogP contribution >= 0.6 is 11.3 Å². The van der Waals surface area contributed by atoms with Crippen molar-refractivity contribution in [2.24, 2.45) is 5.92 Å². The Hall–Kier alpha value is -3.52. The predicted molar refractivity (Wildman–Crippen MR) is 122 cm³/mol. The Labute approximate surface area is 184 Å². The van der Waals surface area contributed by atoms with Gasteiger partial charge in [0.1, 0.15) is 0 Å². The van der Waals surface area contributed by atoms with Gasteiger partial charge in [0.05, 0.1) is 11.6 Å². The molecule has 0 radical (unpaired) electrons. The second-order valence-corrected chi connectivity index (χ2v) is 8.38. The highest BCUT2D eigenvalue weighted by Gasteiger charge is 2.35. The van der Waals surface area contributed by atoms with E-state index in [1.165, 1.54) is 18.3 Å². The number of rotatable bonds is 5. The topological polar surface area (TPSA) is 91.4 Å². The lowest BCUT2D eigenvalue weighted by Crippen LogP contribution is -2.28. The largest absolute Gasteiger partial charge is 0.326 e. The Morgan fingerprint density at radius 1 is 1.06 bits per heavy atom. The molecule has 2 N–H and O–H groups in total. The molecule has 0 spiro atoms. The highest BCUT2D eigenvalue weighted by Crippen LogP contribution is 2.29. The zero-order valence-corrected chi connectivity index (χ0v) is 18.0. The molecule has 1 aromatic heterocycles. The van der Waals surface area contributed by atoms with Gasteiger partial charge in [-0.25, -0.2) is 4.98 Å². The molecule has 0 saturated carbocycles. The number of hydrogen-bond donors (Lipinski definition) is 2. The number of thiazole rings is 1. The van der Waals surface area contributed by atoms with Crippen LogP contribution in [0.1, 0.15) is 18.9 Å². The van der Waals surface area contributed by atoms with Crippen LogP contribution in [0.3, 0.4) is 0 Å². The number of nitrogens with zero attached hydrogens (tertiary/aromatic N) is 2. The number of carbonyl (C=O) groups excluding carboxylic acids is 3. The van der Waals surface area contributed by atoms with Gasteiger partial charge in [0.2, 0.25) is 17.7 Å². The quantitative estimate of drug-likeness (QED) is 0.633. The molecule has 3 amide bonds. The minimum atomic E-state index is -0.418. The molecule has 1 fully saturated rings. The van der Waals surface area contributed by atoms with E-state index >= 15 is 0 Å². The van der Waals surface area contributed by atoms with Crippen LogP contribution in [0.25, 0.3) is 11.3 Å². The molecule has 2 aromatic carbocycles. The fourth-order valence-corrected chi connectivity index (χ4v) is 4.18. The third-order valence-electron chi connectivity index (χ3n) is 5.08. The van der Waals surface area contributed by atoms with Crippen LogP contribution in [-0.2, 0) is 14.4 Å². The second kappa shape index (κ2) is 8.69. The van der Waals surface area contributed by atoms with Gasteiger partial charge < -0.3 is 15.5 Å². The molecule has 0 bridgehead atoms.